The summed E-state index contributed by atoms with van der Waals surface area (Å²) in [4.78, 5) is 15.1. The molecule has 206 valence electrons. The van der Waals surface area contributed by atoms with Crippen LogP contribution in [-0.4, -0.2) is 15.0 Å². The molecule has 0 aliphatic rings. The number of hydrogen-bond donors (Lipinski definition) is 0. The van der Waals surface area contributed by atoms with Crippen LogP contribution < -0.4 is 0 Å². The molecule has 0 fully saturated rings. The highest BCUT2D eigenvalue weighted by Gasteiger charge is 2.20. The van der Waals surface area contributed by atoms with Crippen LogP contribution in [0.4, 0.5) is 0 Å². The number of hydrogen-bond acceptors (Lipinski definition) is 5. The Morgan fingerprint density at radius 2 is 1.02 bits per heavy atom. The molecule has 0 saturated carbocycles. The van der Waals surface area contributed by atoms with E-state index < -0.39 is 0 Å². The van der Waals surface area contributed by atoms with Crippen LogP contribution in [-0.2, 0) is 0 Å². The van der Waals surface area contributed by atoms with E-state index in [9.17, 15) is 0 Å². The zero-order chi connectivity index (χ0) is 29.0. The Balaban J connectivity index is 1.32. The van der Waals surface area contributed by atoms with Gasteiger partial charge in [0.2, 0.25) is 0 Å². The van der Waals surface area contributed by atoms with Crippen LogP contribution in [0.25, 0.3) is 87.4 Å². The Kier molecular flexibility index (Phi) is 5.64. The average Bonchev–Trinajstić information content (AvgIpc) is 3.66. The van der Waals surface area contributed by atoms with E-state index in [1.165, 1.54) is 20.2 Å². The van der Waals surface area contributed by atoms with Crippen molar-refractivity contribution in [3.63, 3.8) is 0 Å². The first-order valence-electron chi connectivity index (χ1n) is 14.5. The van der Waals surface area contributed by atoms with Gasteiger partial charge in [0.1, 0.15) is 11.2 Å². The van der Waals surface area contributed by atoms with Gasteiger partial charge in [0.25, 0.3) is 0 Å². The van der Waals surface area contributed by atoms with Crippen LogP contribution in [0.5, 0.6) is 0 Å². The van der Waals surface area contributed by atoms with Gasteiger partial charge in [0.05, 0.1) is 0 Å². The number of furan rings is 1. The third kappa shape index (κ3) is 4.09. The lowest BCUT2D eigenvalue weighted by Crippen LogP contribution is -2.00. The van der Waals surface area contributed by atoms with Gasteiger partial charge in [-0.1, -0.05) is 109 Å². The van der Waals surface area contributed by atoms with Gasteiger partial charge in [-0.05, 0) is 41.5 Å². The van der Waals surface area contributed by atoms with Crippen LogP contribution in [0.2, 0.25) is 0 Å². The predicted molar refractivity (Wildman–Crippen MR) is 182 cm³/mol. The number of para-hydroxylation sites is 1. The zero-order valence-corrected chi connectivity index (χ0v) is 24.3. The summed E-state index contributed by atoms with van der Waals surface area (Å²) in [5.74, 6) is 1.87. The number of fused-ring (bicyclic) bond motifs is 6. The number of thiophene rings is 1. The van der Waals surface area contributed by atoms with E-state index in [0.717, 1.165) is 49.8 Å². The van der Waals surface area contributed by atoms with E-state index in [0.29, 0.717) is 17.5 Å². The second-order valence-corrected chi connectivity index (χ2v) is 11.9. The third-order valence-electron chi connectivity index (χ3n) is 8.13. The van der Waals surface area contributed by atoms with Crippen LogP contribution in [0.1, 0.15) is 0 Å². The van der Waals surface area contributed by atoms with E-state index in [1.54, 1.807) is 0 Å². The molecule has 0 saturated heterocycles. The van der Waals surface area contributed by atoms with Gasteiger partial charge in [-0.2, -0.15) is 0 Å². The summed E-state index contributed by atoms with van der Waals surface area (Å²) in [5.41, 5.74) is 6.60. The van der Waals surface area contributed by atoms with Crippen molar-refractivity contribution in [3.05, 3.63) is 140 Å². The number of benzene rings is 6. The van der Waals surface area contributed by atoms with Crippen molar-refractivity contribution in [1.82, 2.24) is 15.0 Å². The fourth-order valence-corrected chi connectivity index (χ4v) is 7.18. The van der Waals surface area contributed by atoms with Crippen molar-refractivity contribution in [2.45, 2.75) is 0 Å². The number of aromatic nitrogens is 3. The van der Waals surface area contributed by atoms with Gasteiger partial charge in [-0.3, -0.25) is 0 Å². The van der Waals surface area contributed by atoms with E-state index in [1.807, 2.05) is 90.2 Å². The molecule has 3 aromatic heterocycles. The first kappa shape index (κ1) is 24.9. The van der Waals surface area contributed by atoms with Crippen LogP contribution in [0, 0.1) is 0 Å². The molecule has 0 unspecified atom stereocenters. The van der Waals surface area contributed by atoms with Gasteiger partial charge in [-0.15, -0.1) is 11.3 Å². The summed E-state index contributed by atoms with van der Waals surface area (Å²) in [6.07, 6.45) is 0. The minimum atomic E-state index is 0.610. The fourth-order valence-electron chi connectivity index (χ4n) is 6.03. The highest BCUT2D eigenvalue weighted by atomic mass is 32.1. The Hall–Kier alpha value is -5.65. The maximum absolute atomic E-state index is 6.47. The minimum absolute atomic E-state index is 0.610. The van der Waals surface area contributed by atoms with Gasteiger partial charge < -0.3 is 4.42 Å². The van der Waals surface area contributed by atoms with Crippen molar-refractivity contribution >= 4 is 53.4 Å². The SMILES string of the molecule is c1ccc(-c2nc(-c3ccccc3)nc(-c3cc(-c4ccc5c(c4)sc4ccccc45)cc4oc5ccccc5c34)n2)cc1. The lowest BCUT2D eigenvalue weighted by Gasteiger charge is -2.11. The molecule has 6 aromatic carbocycles. The molecule has 0 atom stereocenters. The molecule has 0 radical (unpaired) electrons. The largest absolute Gasteiger partial charge is 0.456 e. The summed E-state index contributed by atoms with van der Waals surface area (Å²) >= 11 is 1.82. The molecule has 0 amide bonds. The summed E-state index contributed by atoms with van der Waals surface area (Å²) in [6.45, 7) is 0. The maximum atomic E-state index is 6.47. The number of rotatable bonds is 4. The maximum Gasteiger partial charge on any atom is 0.164 e. The molecule has 9 rings (SSSR count). The van der Waals surface area contributed by atoms with Gasteiger partial charge in [0, 0.05) is 47.6 Å². The zero-order valence-electron chi connectivity index (χ0n) is 23.4. The molecule has 3 heterocycles. The second-order valence-electron chi connectivity index (χ2n) is 10.8. The van der Waals surface area contributed by atoms with Gasteiger partial charge in [0.15, 0.2) is 17.5 Å². The smallest absolute Gasteiger partial charge is 0.164 e. The normalized spacial score (nSPS) is 11.6. The molecule has 44 heavy (non-hydrogen) atoms. The lowest BCUT2D eigenvalue weighted by atomic mass is 9.97. The minimum Gasteiger partial charge on any atom is -0.456 e. The molecule has 0 aliphatic carbocycles. The van der Waals surface area contributed by atoms with Crippen LogP contribution >= 0.6 is 11.3 Å². The van der Waals surface area contributed by atoms with Gasteiger partial charge in [-0.25, -0.2) is 15.0 Å². The molecule has 4 nitrogen and oxygen atoms in total. The van der Waals surface area contributed by atoms with E-state index in [2.05, 4.69) is 60.7 Å². The van der Waals surface area contributed by atoms with Crippen molar-refractivity contribution < 1.29 is 4.42 Å². The molecular weight excluding hydrogens is 559 g/mol. The first-order valence-corrected chi connectivity index (χ1v) is 15.3. The molecule has 9 aromatic rings. The topological polar surface area (TPSA) is 51.8 Å². The summed E-state index contributed by atoms with van der Waals surface area (Å²) in [7, 11) is 0. The second kappa shape index (κ2) is 9.97. The van der Waals surface area contributed by atoms with Gasteiger partial charge >= 0.3 is 0 Å². The van der Waals surface area contributed by atoms with Crippen LogP contribution in [0.15, 0.2) is 144 Å². The Morgan fingerprint density at radius 1 is 0.409 bits per heavy atom. The Morgan fingerprint density at radius 3 is 1.77 bits per heavy atom. The summed E-state index contributed by atoms with van der Waals surface area (Å²) in [6, 6.07) is 48.0. The Bertz CT molecular complexity index is 2440. The van der Waals surface area contributed by atoms with Crippen LogP contribution in [0.3, 0.4) is 0 Å². The fraction of sp³-hybridized carbons (Fsp3) is 0. The molecular formula is C39H23N3OS. The highest BCUT2D eigenvalue weighted by Crippen LogP contribution is 2.41. The van der Waals surface area contributed by atoms with Crippen molar-refractivity contribution in [1.29, 1.82) is 0 Å². The highest BCUT2D eigenvalue weighted by molar-refractivity contribution is 7.25. The third-order valence-corrected chi connectivity index (χ3v) is 9.26. The lowest BCUT2D eigenvalue weighted by molar-refractivity contribution is 0.669. The first-order chi connectivity index (χ1) is 21.8. The summed E-state index contributed by atoms with van der Waals surface area (Å²) in [5, 5.41) is 4.60. The molecule has 0 aliphatic heterocycles. The molecule has 5 heteroatoms. The van der Waals surface area contributed by atoms with Crippen molar-refractivity contribution in [2.24, 2.45) is 0 Å². The van der Waals surface area contributed by atoms with Crippen molar-refractivity contribution in [2.75, 3.05) is 0 Å². The van der Waals surface area contributed by atoms with Crippen molar-refractivity contribution in [3.8, 4) is 45.3 Å². The summed E-state index contributed by atoms with van der Waals surface area (Å²) < 4.78 is 9.02. The molecule has 0 spiro atoms. The van der Waals surface area contributed by atoms with E-state index in [4.69, 9.17) is 19.4 Å². The average molecular weight is 582 g/mol. The molecule has 0 N–H and O–H groups in total. The molecule has 0 bridgehead atoms. The quantitative estimate of drug-likeness (QED) is 0.207. The van der Waals surface area contributed by atoms with E-state index >= 15 is 0 Å². The Labute approximate surface area is 256 Å². The van der Waals surface area contributed by atoms with E-state index in [-0.39, 0.29) is 0 Å². The monoisotopic (exact) mass is 581 g/mol. The standard InChI is InChI=1S/C39H23N3OS/c1-3-11-24(12-4-1)37-40-38(25-13-5-2-6-14-25)42-39(41-37)31-21-27(22-33-36(31)30-16-7-9-17-32(30)43-33)26-19-20-29-28-15-8-10-18-34(28)44-35(29)23-26/h1-23H. The predicted octanol–water partition coefficient (Wildman–Crippen LogP) is 10.8. The number of nitrogens with zero attached hydrogens (tertiary/aromatic N) is 3.